The van der Waals surface area contributed by atoms with Gasteiger partial charge in [0.2, 0.25) is 10.0 Å². The molecule has 1 saturated heterocycles. The Labute approximate surface area is 135 Å². The van der Waals surface area contributed by atoms with Crippen LogP contribution in [0.15, 0.2) is 18.3 Å². The normalized spacial score (nSPS) is 17.5. The van der Waals surface area contributed by atoms with E-state index in [1.807, 2.05) is 13.0 Å². The van der Waals surface area contributed by atoms with Crippen molar-refractivity contribution in [3.05, 3.63) is 29.6 Å². The number of aromatic nitrogens is 2. The van der Waals surface area contributed by atoms with Gasteiger partial charge >= 0.3 is 0 Å². The molecule has 0 saturated carbocycles. The van der Waals surface area contributed by atoms with Crippen molar-refractivity contribution in [3.8, 4) is 0 Å². The number of hydrogen-bond donors (Lipinski definition) is 2. The van der Waals surface area contributed by atoms with Crippen molar-refractivity contribution in [1.29, 1.82) is 0 Å². The number of nitrogens with one attached hydrogen (secondary N) is 2. The van der Waals surface area contributed by atoms with Crippen molar-refractivity contribution in [2.45, 2.75) is 25.8 Å². The first-order valence-corrected chi connectivity index (χ1v) is 9.39. The Kier molecular flexibility index (Phi) is 4.11. The molecule has 0 atom stereocenters. The summed E-state index contributed by atoms with van der Waals surface area (Å²) >= 11 is 0. The van der Waals surface area contributed by atoms with Crippen LogP contribution in [0.2, 0.25) is 0 Å². The summed E-state index contributed by atoms with van der Waals surface area (Å²) in [6, 6.07) is 3.75. The van der Waals surface area contributed by atoms with Gasteiger partial charge in [-0.1, -0.05) is 0 Å². The smallest absolute Gasteiger partial charge is 0.267 e. The van der Waals surface area contributed by atoms with Gasteiger partial charge in [0.25, 0.3) is 5.91 Å². The third-order valence-corrected chi connectivity index (χ3v) is 5.41. The minimum atomic E-state index is -3.15. The van der Waals surface area contributed by atoms with Crippen LogP contribution < -0.4 is 5.32 Å². The number of rotatable bonds is 3. The molecule has 2 aromatic heterocycles. The summed E-state index contributed by atoms with van der Waals surface area (Å²) in [5.74, 6) is -0.182. The van der Waals surface area contributed by atoms with Gasteiger partial charge < -0.3 is 10.3 Å². The topological polar surface area (TPSA) is 95.2 Å². The molecule has 2 N–H and O–H groups in total. The molecule has 3 heterocycles. The van der Waals surface area contributed by atoms with Crippen LogP contribution in [0, 0.1) is 6.92 Å². The zero-order chi connectivity index (χ0) is 16.6. The monoisotopic (exact) mass is 336 g/mol. The summed E-state index contributed by atoms with van der Waals surface area (Å²) in [5.41, 5.74) is 2.20. The van der Waals surface area contributed by atoms with Gasteiger partial charge in [-0.2, -0.15) is 0 Å². The number of nitrogens with zero attached hydrogens (tertiary/aromatic N) is 2. The lowest BCUT2D eigenvalue weighted by Crippen LogP contribution is -2.46. The third kappa shape index (κ3) is 3.53. The lowest BCUT2D eigenvalue weighted by atomic mass is 10.1. The van der Waals surface area contributed by atoms with Gasteiger partial charge in [0.1, 0.15) is 11.3 Å². The second kappa shape index (κ2) is 5.93. The molecule has 0 bridgehead atoms. The minimum Gasteiger partial charge on any atom is -0.348 e. The number of fused-ring (bicyclic) bond motifs is 1. The Morgan fingerprint density at radius 3 is 2.70 bits per heavy atom. The molecule has 1 amide bonds. The first-order valence-electron chi connectivity index (χ1n) is 7.54. The standard InChI is InChI=1S/C15H20N4O3S/c1-10-7-11-8-13(18-14(11)16-9-10)15(20)17-12-3-5-19(6-4-12)23(2,21)22/h7-9,12H,3-6H2,1-2H3,(H,16,18)(H,17,20). The highest BCUT2D eigenvalue weighted by Gasteiger charge is 2.26. The molecule has 1 aliphatic heterocycles. The number of H-pyrrole nitrogens is 1. The number of pyridine rings is 1. The van der Waals surface area contributed by atoms with Gasteiger partial charge in [0.05, 0.1) is 6.26 Å². The van der Waals surface area contributed by atoms with E-state index in [1.165, 1.54) is 10.6 Å². The quantitative estimate of drug-likeness (QED) is 0.875. The van der Waals surface area contributed by atoms with Crippen LogP contribution in [0.4, 0.5) is 0 Å². The Hall–Kier alpha value is -1.93. The van der Waals surface area contributed by atoms with E-state index in [1.54, 1.807) is 12.3 Å². The second-order valence-electron chi connectivity index (χ2n) is 6.04. The van der Waals surface area contributed by atoms with Crippen LogP contribution in [0.1, 0.15) is 28.9 Å². The van der Waals surface area contributed by atoms with Crippen molar-refractivity contribution >= 4 is 27.0 Å². The van der Waals surface area contributed by atoms with E-state index in [-0.39, 0.29) is 11.9 Å². The molecule has 3 rings (SSSR count). The predicted octanol–water partition coefficient (Wildman–Crippen LogP) is 1.03. The molecule has 0 aromatic carbocycles. The molecular formula is C15H20N4O3S. The fourth-order valence-electron chi connectivity index (χ4n) is 2.84. The third-order valence-electron chi connectivity index (χ3n) is 4.11. The van der Waals surface area contributed by atoms with Crippen LogP contribution in [-0.4, -0.2) is 54.0 Å². The van der Waals surface area contributed by atoms with Crippen LogP contribution in [0.25, 0.3) is 11.0 Å². The van der Waals surface area contributed by atoms with E-state index in [9.17, 15) is 13.2 Å². The maximum Gasteiger partial charge on any atom is 0.267 e. The molecule has 23 heavy (non-hydrogen) atoms. The zero-order valence-electron chi connectivity index (χ0n) is 13.2. The van der Waals surface area contributed by atoms with Gasteiger partial charge in [-0.15, -0.1) is 0 Å². The molecule has 124 valence electrons. The fourth-order valence-corrected chi connectivity index (χ4v) is 3.72. The van der Waals surface area contributed by atoms with Crippen LogP contribution in [0.5, 0.6) is 0 Å². The van der Waals surface area contributed by atoms with Crippen LogP contribution in [-0.2, 0) is 10.0 Å². The van der Waals surface area contributed by atoms with E-state index in [4.69, 9.17) is 0 Å². The zero-order valence-corrected chi connectivity index (χ0v) is 14.0. The van der Waals surface area contributed by atoms with E-state index >= 15 is 0 Å². The maximum absolute atomic E-state index is 12.3. The number of sulfonamides is 1. The second-order valence-corrected chi connectivity index (χ2v) is 8.03. The molecule has 2 aromatic rings. The number of carbonyl (C=O) groups excluding carboxylic acids is 1. The van der Waals surface area contributed by atoms with E-state index in [0.29, 0.717) is 37.3 Å². The summed E-state index contributed by atoms with van der Waals surface area (Å²) in [7, 11) is -3.15. The highest BCUT2D eigenvalue weighted by atomic mass is 32.2. The number of hydrogen-bond acceptors (Lipinski definition) is 4. The largest absolute Gasteiger partial charge is 0.348 e. The molecule has 0 radical (unpaired) electrons. The Morgan fingerprint density at radius 2 is 2.04 bits per heavy atom. The van der Waals surface area contributed by atoms with E-state index < -0.39 is 10.0 Å². The van der Waals surface area contributed by atoms with Crippen molar-refractivity contribution in [2.24, 2.45) is 0 Å². The summed E-state index contributed by atoms with van der Waals surface area (Å²) in [6.07, 6.45) is 4.21. The summed E-state index contributed by atoms with van der Waals surface area (Å²) in [6.45, 7) is 2.84. The SMILES string of the molecule is Cc1cnc2[nH]c(C(=O)NC3CCN(S(C)(=O)=O)CC3)cc2c1. The lowest BCUT2D eigenvalue weighted by Gasteiger charge is -2.30. The van der Waals surface area contributed by atoms with Gasteiger partial charge in [0.15, 0.2) is 0 Å². The predicted molar refractivity (Wildman–Crippen MR) is 87.7 cm³/mol. The molecule has 1 aliphatic rings. The number of aromatic amines is 1. The average molecular weight is 336 g/mol. The number of aryl methyl sites for hydroxylation is 1. The van der Waals surface area contributed by atoms with E-state index in [2.05, 4.69) is 15.3 Å². The van der Waals surface area contributed by atoms with Gasteiger partial charge in [-0.25, -0.2) is 17.7 Å². The van der Waals surface area contributed by atoms with Crippen molar-refractivity contribution in [2.75, 3.05) is 19.3 Å². The highest BCUT2D eigenvalue weighted by molar-refractivity contribution is 7.88. The lowest BCUT2D eigenvalue weighted by molar-refractivity contribution is 0.0919. The van der Waals surface area contributed by atoms with Gasteiger partial charge in [0, 0.05) is 30.7 Å². The summed E-state index contributed by atoms with van der Waals surface area (Å²) in [4.78, 5) is 19.6. The van der Waals surface area contributed by atoms with Gasteiger partial charge in [-0.05, 0) is 37.5 Å². The fraction of sp³-hybridized carbons (Fsp3) is 0.467. The average Bonchev–Trinajstić information content (AvgIpc) is 2.90. The molecule has 7 nitrogen and oxygen atoms in total. The highest BCUT2D eigenvalue weighted by Crippen LogP contribution is 2.16. The number of piperidine rings is 1. The Balaban J connectivity index is 1.65. The summed E-state index contributed by atoms with van der Waals surface area (Å²) in [5, 5.41) is 3.87. The van der Waals surface area contributed by atoms with Crippen LogP contribution >= 0.6 is 0 Å². The molecular weight excluding hydrogens is 316 g/mol. The van der Waals surface area contributed by atoms with Crippen molar-refractivity contribution in [1.82, 2.24) is 19.6 Å². The van der Waals surface area contributed by atoms with Gasteiger partial charge in [-0.3, -0.25) is 4.79 Å². The first kappa shape index (κ1) is 15.9. The molecule has 0 spiro atoms. The minimum absolute atomic E-state index is 0.0124. The molecule has 0 unspecified atom stereocenters. The molecule has 0 aliphatic carbocycles. The Morgan fingerprint density at radius 1 is 1.35 bits per heavy atom. The van der Waals surface area contributed by atoms with Crippen LogP contribution in [0.3, 0.4) is 0 Å². The van der Waals surface area contributed by atoms with E-state index in [0.717, 1.165) is 10.9 Å². The first-order chi connectivity index (χ1) is 10.8. The number of carbonyl (C=O) groups is 1. The van der Waals surface area contributed by atoms with Crippen molar-refractivity contribution in [3.63, 3.8) is 0 Å². The van der Waals surface area contributed by atoms with Crippen molar-refractivity contribution < 1.29 is 13.2 Å². The maximum atomic E-state index is 12.3. The number of amides is 1. The molecule has 8 heteroatoms. The Bertz CT molecular complexity index is 836. The molecule has 1 fully saturated rings. The summed E-state index contributed by atoms with van der Waals surface area (Å²) < 4.78 is 24.4.